The molecule has 0 bridgehead atoms. The second-order valence-electron chi connectivity index (χ2n) is 4.53. The van der Waals surface area contributed by atoms with Gasteiger partial charge < -0.3 is 19.2 Å². The van der Waals surface area contributed by atoms with Crippen LogP contribution in [0, 0.1) is 0 Å². The van der Waals surface area contributed by atoms with Crippen molar-refractivity contribution < 1.29 is 23.5 Å². The normalized spacial score (nSPS) is 10.8. The molecular formula is C16H17NO5. The summed E-state index contributed by atoms with van der Waals surface area (Å²) in [5.41, 5.74) is 1.47. The molecule has 6 heteroatoms. The number of carbonyl (C=O) groups is 2. The summed E-state index contributed by atoms with van der Waals surface area (Å²) in [6.45, 7) is 0.261. The molecule has 2 aromatic rings. The Kier molecular flexibility index (Phi) is 5.19. The van der Waals surface area contributed by atoms with Gasteiger partial charge in [-0.2, -0.15) is 0 Å². The molecule has 0 spiro atoms. The Labute approximate surface area is 127 Å². The highest BCUT2D eigenvalue weighted by atomic mass is 16.5. The third kappa shape index (κ3) is 3.88. The largest absolute Gasteiger partial charge is 0.497 e. The highest BCUT2D eigenvalue weighted by Gasteiger charge is 2.10. The van der Waals surface area contributed by atoms with Gasteiger partial charge in [-0.1, -0.05) is 6.08 Å². The third-order valence-electron chi connectivity index (χ3n) is 3.09. The number of carbonyl (C=O) groups excluding carboxylic acids is 2. The van der Waals surface area contributed by atoms with E-state index in [4.69, 9.17) is 9.15 Å². The molecule has 1 heterocycles. The molecule has 1 N–H and O–H groups in total. The number of amides is 1. The van der Waals surface area contributed by atoms with E-state index in [1.54, 1.807) is 19.4 Å². The number of hydrogen-bond acceptors (Lipinski definition) is 5. The second-order valence-corrected chi connectivity index (χ2v) is 4.53. The molecule has 0 radical (unpaired) electrons. The lowest BCUT2D eigenvalue weighted by atomic mass is 10.1. The minimum absolute atomic E-state index is 0.159. The fourth-order valence-corrected chi connectivity index (χ4v) is 1.96. The van der Waals surface area contributed by atoms with Crippen LogP contribution in [-0.4, -0.2) is 32.6 Å². The third-order valence-corrected chi connectivity index (χ3v) is 3.09. The molecule has 0 saturated carbocycles. The van der Waals surface area contributed by atoms with Gasteiger partial charge >= 0.3 is 5.97 Å². The van der Waals surface area contributed by atoms with Crippen LogP contribution < -0.4 is 10.1 Å². The van der Waals surface area contributed by atoms with Crippen molar-refractivity contribution in [3.8, 4) is 5.75 Å². The average molecular weight is 303 g/mol. The maximum Gasteiger partial charge on any atom is 0.330 e. The zero-order valence-corrected chi connectivity index (χ0v) is 12.4. The van der Waals surface area contributed by atoms with Gasteiger partial charge in [0.2, 0.25) is 5.91 Å². The zero-order chi connectivity index (χ0) is 15.9. The van der Waals surface area contributed by atoms with Crippen LogP contribution in [0.25, 0.3) is 11.0 Å². The molecule has 0 aliphatic carbocycles. The number of ether oxygens (including phenoxy) is 2. The quantitative estimate of drug-likeness (QED) is 0.650. The summed E-state index contributed by atoms with van der Waals surface area (Å²) < 4.78 is 15.0. The minimum atomic E-state index is -0.455. The number of furan rings is 1. The molecule has 0 aliphatic heterocycles. The van der Waals surface area contributed by atoms with E-state index in [0.717, 1.165) is 10.9 Å². The van der Waals surface area contributed by atoms with Gasteiger partial charge in [-0.05, 0) is 12.1 Å². The van der Waals surface area contributed by atoms with Gasteiger partial charge in [-0.3, -0.25) is 4.79 Å². The summed E-state index contributed by atoms with van der Waals surface area (Å²) in [6, 6.07) is 5.45. The summed E-state index contributed by atoms with van der Waals surface area (Å²) in [5, 5.41) is 3.56. The van der Waals surface area contributed by atoms with Crippen LogP contribution in [0.5, 0.6) is 5.75 Å². The van der Waals surface area contributed by atoms with Gasteiger partial charge in [0, 0.05) is 29.6 Å². The van der Waals surface area contributed by atoms with E-state index < -0.39 is 5.97 Å². The van der Waals surface area contributed by atoms with Crippen LogP contribution in [0.1, 0.15) is 5.56 Å². The lowest BCUT2D eigenvalue weighted by Crippen LogP contribution is -2.25. The van der Waals surface area contributed by atoms with E-state index in [1.807, 2.05) is 12.1 Å². The van der Waals surface area contributed by atoms with Crippen LogP contribution in [-0.2, 0) is 20.7 Å². The fourth-order valence-electron chi connectivity index (χ4n) is 1.96. The van der Waals surface area contributed by atoms with Crippen molar-refractivity contribution in [1.29, 1.82) is 0 Å². The zero-order valence-electron chi connectivity index (χ0n) is 12.4. The minimum Gasteiger partial charge on any atom is -0.497 e. The molecule has 2 rings (SSSR count). The lowest BCUT2D eigenvalue weighted by molar-refractivity contribution is -0.134. The second kappa shape index (κ2) is 7.31. The molecule has 116 valence electrons. The predicted molar refractivity (Wildman–Crippen MR) is 80.6 cm³/mol. The lowest BCUT2D eigenvalue weighted by Gasteiger charge is -2.01. The maximum atomic E-state index is 11.9. The molecule has 0 atom stereocenters. The Morgan fingerprint density at radius 2 is 2.14 bits per heavy atom. The topological polar surface area (TPSA) is 77.8 Å². The average Bonchev–Trinajstić information content (AvgIpc) is 2.93. The molecule has 0 saturated heterocycles. The van der Waals surface area contributed by atoms with Gasteiger partial charge in [0.25, 0.3) is 0 Å². The van der Waals surface area contributed by atoms with E-state index >= 15 is 0 Å². The van der Waals surface area contributed by atoms with Gasteiger partial charge in [-0.15, -0.1) is 0 Å². The molecular weight excluding hydrogens is 286 g/mol. The Morgan fingerprint density at radius 1 is 1.32 bits per heavy atom. The fraction of sp³-hybridized carbons (Fsp3) is 0.250. The van der Waals surface area contributed by atoms with Crippen LogP contribution in [0.2, 0.25) is 0 Å². The van der Waals surface area contributed by atoms with Crippen molar-refractivity contribution in [3.63, 3.8) is 0 Å². The number of fused-ring (bicyclic) bond motifs is 1. The van der Waals surface area contributed by atoms with Gasteiger partial charge in [0.1, 0.15) is 11.3 Å². The molecule has 6 nitrogen and oxygen atoms in total. The number of nitrogens with one attached hydrogen (secondary N) is 1. The van der Waals surface area contributed by atoms with Gasteiger partial charge in [0.15, 0.2) is 0 Å². The standard InChI is InChI=1S/C16H17NO5/c1-20-12-5-6-13-11(10-22-14(13)9-12)8-15(18)17-7-3-4-16(19)21-2/h3-6,9-10H,7-8H2,1-2H3,(H,17,18)/b4-3+. The summed E-state index contributed by atoms with van der Waals surface area (Å²) in [4.78, 5) is 22.7. The van der Waals surface area contributed by atoms with Crippen LogP contribution in [0.4, 0.5) is 0 Å². The Morgan fingerprint density at radius 3 is 2.86 bits per heavy atom. The number of hydrogen-bond donors (Lipinski definition) is 1. The molecule has 22 heavy (non-hydrogen) atoms. The van der Waals surface area contributed by atoms with Crippen LogP contribution in [0.3, 0.4) is 0 Å². The SMILES string of the molecule is COC(=O)/C=C/CNC(=O)Cc1coc2cc(OC)ccc12. The van der Waals surface area contributed by atoms with Crippen molar-refractivity contribution >= 4 is 22.8 Å². The monoisotopic (exact) mass is 303 g/mol. The number of benzene rings is 1. The smallest absolute Gasteiger partial charge is 0.330 e. The number of esters is 1. The number of rotatable bonds is 6. The molecule has 0 aliphatic rings. The Bertz CT molecular complexity index is 702. The first kappa shape index (κ1) is 15.6. The highest BCUT2D eigenvalue weighted by Crippen LogP contribution is 2.25. The molecule has 1 amide bonds. The summed E-state index contributed by atoms with van der Waals surface area (Å²) >= 11 is 0. The van der Waals surface area contributed by atoms with Crippen molar-refractivity contribution in [2.75, 3.05) is 20.8 Å². The first-order valence-electron chi connectivity index (χ1n) is 6.69. The van der Waals surface area contributed by atoms with Crippen LogP contribution >= 0.6 is 0 Å². The molecule has 1 aromatic heterocycles. The van der Waals surface area contributed by atoms with E-state index in [1.165, 1.54) is 19.3 Å². The molecule has 1 aromatic carbocycles. The Balaban J connectivity index is 1.94. The van der Waals surface area contributed by atoms with E-state index in [9.17, 15) is 9.59 Å². The van der Waals surface area contributed by atoms with Crippen LogP contribution in [0.15, 0.2) is 41.0 Å². The first-order valence-corrected chi connectivity index (χ1v) is 6.69. The van der Waals surface area contributed by atoms with Gasteiger partial charge in [-0.25, -0.2) is 4.79 Å². The summed E-state index contributed by atoms with van der Waals surface area (Å²) in [7, 11) is 2.88. The number of methoxy groups -OCH3 is 2. The van der Waals surface area contributed by atoms with Crippen molar-refractivity contribution in [3.05, 3.63) is 42.2 Å². The predicted octanol–water partition coefficient (Wildman–Crippen LogP) is 1.83. The Hall–Kier alpha value is -2.76. The van der Waals surface area contributed by atoms with Crippen molar-refractivity contribution in [2.45, 2.75) is 6.42 Å². The van der Waals surface area contributed by atoms with Crippen molar-refractivity contribution in [2.24, 2.45) is 0 Å². The summed E-state index contributed by atoms with van der Waals surface area (Å²) in [6.07, 6.45) is 4.56. The maximum absolute atomic E-state index is 11.9. The van der Waals surface area contributed by atoms with Gasteiger partial charge in [0.05, 0.1) is 26.9 Å². The highest BCUT2D eigenvalue weighted by molar-refractivity contribution is 5.88. The van der Waals surface area contributed by atoms with E-state index in [0.29, 0.717) is 11.3 Å². The van der Waals surface area contributed by atoms with Crippen molar-refractivity contribution in [1.82, 2.24) is 5.32 Å². The molecule has 0 fully saturated rings. The molecule has 0 unspecified atom stereocenters. The summed E-state index contributed by atoms with van der Waals surface area (Å²) in [5.74, 6) is 0.0860. The van der Waals surface area contributed by atoms with E-state index in [2.05, 4.69) is 10.1 Å². The first-order chi connectivity index (χ1) is 10.6. The van der Waals surface area contributed by atoms with E-state index in [-0.39, 0.29) is 18.9 Å².